The van der Waals surface area contributed by atoms with Gasteiger partial charge < -0.3 is 10.6 Å². The van der Waals surface area contributed by atoms with Crippen LogP contribution in [-0.2, 0) is 6.18 Å². The van der Waals surface area contributed by atoms with Gasteiger partial charge in [0.15, 0.2) is 0 Å². The number of nitrogens with zero attached hydrogens (tertiary/aromatic N) is 2. The minimum Gasteiger partial charge on any atom is -0.340 e. The molecule has 0 unspecified atom stereocenters. The van der Waals surface area contributed by atoms with E-state index in [1.54, 1.807) is 36.4 Å². The molecule has 0 aliphatic rings. The van der Waals surface area contributed by atoms with E-state index in [4.69, 9.17) is 0 Å². The van der Waals surface area contributed by atoms with Gasteiger partial charge in [0.05, 0.1) is 0 Å². The highest BCUT2D eigenvalue weighted by Crippen LogP contribution is 2.35. The second-order valence-electron chi connectivity index (χ2n) is 5.44. The monoisotopic (exact) mass is 344 g/mol. The Balaban J connectivity index is 1.95. The van der Waals surface area contributed by atoms with Crippen LogP contribution in [0.4, 0.5) is 36.3 Å². The van der Waals surface area contributed by atoms with E-state index in [0.29, 0.717) is 11.4 Å². The van der Waals surface area contributed by atoms with Crippen molar-refractivity contribution in [1.82, 2.24) is 9.97 Å². The minimum absolute atomic E-state index is 0.0806. The van der Waals surface area contributed by atoms with Crippen LogP contribution in [-0.4, -0.2) is 9.97 Å². The summed E-state index contributed by atoms with van der Waals surface area (Å²) in [7, 11) is 0. The topological polar surface area (TPSA) is 49.8 Å². The Labute approximate surface area is 142 Å². The van der Waals surface area contributed by atoms with E-state index in [-0.39, 0.29) is 11.8 Å². The van der Waals surface area contributed by atoms with E-state index < -0.39 is 11.7 Å². The van der Waals surface area contributed by atoms with Crippen molar-refractivity contribution < 1.29 is 13.2 Å². The molecule has 2 N–H and O–H groups in total. The molecule has 1 heterocycles. The second-order valence-corrected chi connectivity index (χ2v) is 5.44. The molecule has 25 heavy (non-hydrogen) atoms. The Morgan fingerprint density at radius 1 is 0.880 bits per heavy atom. The molecule has 0 amide bonds. The van der Waals surface area contributed by atoms with Crippen LogP contribution in [0.3, 0.4) is 0 Å². The Morgan fingerprint density at radius 3 is 2.28 bits per heavy atom. The first-order valence-electron chi connectivity index (χ1n) is 7.52. The van der Waals surface area contributed by atoms with E-state index in [9.17, 15) is 13.2 Å². The highest BCUT2D eigenvalue weighted by Gasteiger charge is 2.35. The summed E-state index contributed by atoms with van der Waals surface area (Å²) in [5.41, 5.74) is 1.30. The SMILES string of the molecule is Cc1cccc(Nc2ncc(C(F)(F)F)c(Nc3ccccc3)n2)c1. The summed E-state index contributed by atoms with van der Waals surface area (Å²) in [5.74, 6) is -0.221. The standard InChI is InChI=1S/C18H15F3N4/c1-12-6-5-9-14(10-12)24-17-22-11-15(18(19,20)21)16(25-17)23-13-7-3-2-4-8-13/h2-11H,1H3,(H2,22,23,24,25). The van der Waals surface area contributed by atoms with Crippen LogP contribution in [0.25, 0.3) is 0 Å². The van der Waals surface area contributed by atoms with Crippen molar-refractivity contribution in [1.29, 1.82) is 0 Å². The van der Waals surface area contributed by atoms with Crippen LogP contribution in [0.5, 0.6) is 0 Å². The van der Waals surface area contributed by atoms with Gasteiger partial charge in [-0.3, -0.25) is 0 Å². The maximum absolute atomic E-state index is 13.2. The van der Waals surface area contributed by atoms with Crippen LogP contribution in [0, 0.1) is 6.92 Å². The van der Waals surface area contributed by atoms with Crippen molar-refractivity contribution in [2.45, 2.75) is 13.1 Å². The number of hydrogen-bond acceptors (Lipinski definition) is 4. The third-order valence-electron chi connectivity index (χ3n) is 3.40. The number of para-hydroxylation sites is 1. The lowest BCUT2D eigenvalue weighted by molar-refractivity contribution is -0.137. The van der Waals surface area contributed by atoms with Gasteiger partial charge in [-0.2, -0.15) is 18.2 Å². The van der Waals surface area contributed by atoms with Gasteiger partial charge in [-0.1, -0.05) is 30.3 Å². The number of benzene rings is 2. The fraction of sp³-hybridized carbons (Fsp3) is 0.111. The number of hydrogen-bond donors (Lipinski definition) is 2. The summed E-state index contributed by atoms with van der Waals surface area (Å²) < 4.78 is 39.7. The molecule has 0 fully saturated rings. The zero-order chi connectivity index (χ0) is 17.9. The molecule has 0 aliphatic carbocycles. The largest absolute Gasteiger partial charge is 0.421 e. The zero-order valence-electron chi connectivity index (χ0n) is 13.3. The molecule has 3 aromatic rings. The molecule has 3 rings (SSSR count). The lowest BCUT2D eigenvalue weighted by Gasteiger charge is -2.15. The van der Waals surface area contributed by atoms with Gasteiger partial charge in [-0.15, -0.1) is 0 Å². The Kier molecular flexibility index (Phi) is 4.56. The maximum atomic E-state index is 13.2. The second kappa shape index (κ2) is 6.80. The third kappa shape index (κ3) is 4.26. The number of alkyl halides is 3. The third-order valence-corrected chi connectivity index (χ3v) is 3.40. The van der Waals surface area contributed by atoms with Crippen LogP contribution < -0.4 is 10.6 Å². The van der Waals surface area contributed by atoms with Crippen molar-refractivity contribution in [2.75, 3.05) is 10.6 Å². The fourth-order valence-electron chi connectivity index (χ4n) is 2.25. The molecule has 0 spiro atoms. The van der Waals surface area contributed by atoms with Crippen LogP contribution in [0.2, 0.25) is 0 Å². The summed E-state index contributed by atoms with van der Waals surface area (Å²) in [4.78, 5) is 7.80. The van der Waals surface area contributed by atoms with Crippen molar-refractivity contribution in [2.24, 2.45) is 0 Å². The summed E-state index contributed by atoms with van der Waals surface area (Å²) in [5, 5.41) is 5.63. The molecule has 0 saturated carbocycles. The number of nitrogens with one attached hydrogen (secondary N) is 2. The number of aromatic nitrogens is 2. The zero-order valence-corrected chi connectivity index (χ0v) is 13.3. The van der Waals surface area contributed by atoms with Crippen molar-refractivity contribution in [3.05, 3.63) is 71.9 Å². The van der Waals surface area contributed by atoms with Crippen LogP contribution in [0.1, 0.15) is 11.1 Å². The summed E-state index contributed by atoms with van der Waals surface area (Å²) in [6.45, 7) is 1.92. The molecule has 4 nitrogen and oxygen atoms in total. The van der Waals surface area contributed by atoms with Gasteiger partial charge in [0, 0.05) is 17.6 Å². The maximum Gasteiger partial charge on any atom is 0.421 e. The number of rotatable bonds is 4. The first-order valence-corrected chi connectivity index (χ1v) is 7.52. The summed E-state index contributed by atoms with van der Waals surface area (Å²) >= 11 is 0. The number of anilines is 4. The molecular formula is C18H15F3N4. The van der Waals surface area contributed by atoms with Gasteiger partial charge >= 0.3 is 6.18 Å². The molecule has 0 atom stereocenters. The first kappa shape index (κ1) is 16.8. The van der Waals surface area contributed by atoms with Gasteiger partial charge in [0.2, 0.25) is 5.95 Å². The lowest BCUT2D eigenvalue weighted by Crippen LogP contribution is -2.12. The molecule has 0 radical (unpaired) electrons. The predicted octanol–water partition coefficient (Wildman–Crippen LogP) is 5.29. The minimum atomic E-state index is -4.56. The molecule has 0 bridgehead atoms. The smallest absolute Gasteiger partial charge is 0.340 e. The Bertz CT molecular complexity index is 864. The van der Waals surface area contributed by atoms with Crippen LogP contribution in [0.15, 0.2) is 60.8 Å². The van der Waals surface area contributed by atoms with E-state index >= 15 is 0 Å². The van der Waals surface area contributed by atoms with Crippen molar-refractivity contribution in [3.63, 3.8) is 0 Å². The van der Waals surface area contributed by atoms with Gasteiger partial charge in [0.25, 0.3) is 0 Å². The molecule has 0 saturated heterocycles. The first-order chi connectivity index (χ1) is 11.9. The number of halogens is 3. The molecule has 0 aliphatic heterocycles. The average Bonchev–Trinajstić information content (AvgIpc) is 2.55. The normalized spacial score (nSPS) is 11.2. The van der Waals surface area contributed by atoms with E-state index in [1.807, 2.05) is 25.1 Å². The molecule has 128 valence electrons. The number of aryl methyl sites for hydroxylation is 1. The molecule has 7 heteroatoms. The summed E-state index contributed by atoms with van der Waals surface area (Å²) in [6.07, 6.45) is -3.78. The van der Waals surface area contributed by atoms with E-state index in [0.717, 1.165) is 11.8 Å². The lowest BCUT2D eigenvalue weighted by atomic mass is 10.2. The van der Waals surface area contributed by atoms with E-state index in [2.05, 4.69) is 20.6 Å². The quantitative estimate of drug-likeness (QED) is 0.675. The van der Waals surface area contributed by atoms with Crippen molar-refractivity contribution >= 4 is 23.1 Å². The highest BCUT2D eigenvalue weighted by atomic mass is 19.4. The van der Waals surface area contributed by atoms with Gasteiger partial charge in [-0.25, -0.2) is 4.98 Å². The predicted molar refractivity (Wildman–Crippen MR) is 91.2 cm³/mol. The van der Waals surface area contributed by atoms with Crippen molar-refractivity contribution in [3.8, 4) is 0 Å². The Hall–Kier alpha value is -3.09. The fourth-order valence-corrected chi connectivity index (χ4v) is 2.25. The molecule has 2 aromatic carbocycles. The van der Waals surface area contributed by atoms with E-state index in [1.165, 1.54) is 0 Å². The highest BCUT2D eigenvalue weighted by molar-refractivity contribution is 5.62. The molecule has 1 aromatic heterocycles. The summed E-state index contributed by atoms with van der Waals surface area (Å²) in [6, 6.07) is 16.0. The van der Waals surface area contributed by atoms with Crippen LogP contribution >= 0.6 is 0 Å². The Morgan fingerprint density at radius 2 is 1.60 bits per heavy atom. The van der Waals surface area contributed by atoms with Gasteiger partial charge in [-0.05, 0) is 36.8 Å². The average molecular weight is 344 g/mol. The van der Waals surface area contributed by atoms with Gasteiger partial charge in [0.1, 0.15) is 11.4 Å². The molecular weight excluding hydrogens is 329 g/mol.